The van der Waals surface area contributed by atoms with Crippen molar-refractivity contribution in [2.45, 2.75) is 56.5 Å². The fourth-order valence-corrected chi connectivity index (χ4v) is 7.92. The molecule has 3 atom stereocenters. The van der Waals surface area contributed by atoms with E-state index in [1.54, 1.807) is 12.1 Å². The zero-order valence-electron chi connectivity index (χ0n) is 32.7. The summed E-state index contributed by atoms with van der Waals surface area (Å²) in [5, 5.41) is 27.7. The second-order valence-corrected chi connectivity index (χ2v) is 15.7. The Morgan fingerprint density at radius 1 is 0.746 bits per heavy atom. The van der Waals surface area contributed by atoms with E-state index < -0.39 is 11.9 Å². The number of urea groups is 1. The first kappa shape index (κ1) is 40.3. The first-order valence-electron chi connectivity index (χ1n) is 20.1. The molecule has 0 bridgehead atoms. The number of likely N-dealkylation sites (tertiary alicyclic amines) is 1. The summed E-state index contributed by atoms with van der Waals surface area (Å²) in [5.41, 5.74) is 6.42. The standard InChI is InChI=1S/C49H48ClN3O6/c50-41-18-16-40(17-19-41)49(56)24-26-53(27-25-49)32-45-30-46(36-14-12-34(33-54)13-15-36)59-47(58-45)39-9-5-8-38(29-39)37-7-4-6-35(28-37)31-51-48(55)52-42-20-22-44(23-21-42)57-43-10-2-1-3-11-43/h1-23,28-29,45-47,54,56H,24-27,30-33H2,(H2,51,52,55). The third kappa shape index (κ3) is 10.4. The molecule has 2 amide bonds. The van der Waals surface area contributed by atoms with Crippen LogP contribution in [0.25, 0.3) is 11.1 Å². The van der Waals surface area contributed by atoms with Crippen molar-refractivity contribution < 1.29 is 29.2 Å². The highest BCUT2D eigenvalue weighted by Crippen LogP contribution is 2.40. The number of nitrogens with one attached hydrogen (secondary N) is 2. The number of nitrogens with zero attached hydrogens (tertiary/aromatic N) is 1. The highest BCUT2D eigenvalue weighted by atomic mass is 35.5. The Bertz CT molecular complexity index is 2300. The molecule has 59 heavy (non-hydrogen) atoms. The molecule has 8 rings (SSSR count). The van der Waals surface area contributed by atoms with Crippen LogP contribution >= 0.6 is 11.6 Å². The number of hydrogen-bond donors (Lipinski definition) is 4. The van der Waals surface area contributed by atoms with Gasteiger partial charge in [0, 0.05) is 48.9 Å². The van der Waals surface area contributed by atoms with Gasteiger partial charge in [-0.25, -0.2) is 4.79 Å². The number of aliphatic hydroxyl groups is 2. The fraction of sp³-hybridized carbons (Fsp3) is 0.245. The summed E-state index contributed by atoms with van der Waals surface area (Å²) in [5.74, 6) is 1.43. The van der Waals surface area contributed by atoms with Gasteiger partial charge in [0.05, 0.1) is 24.4 Å². The molecular formula is C49H48ClN3O6. The van der Waals surface area contributed by atoms with Crippen LogP contribution in [0.1, 0.15) is 59.5 Å². The Labute approximate surface area is 350 Å². The zero-order valence-corrected chi connectivity index (χ0v) is 33.4. The number of amides is 2. The minimum Gasteiger partial charge on any atom is -0.457 e. The molecule has 2 saturated heterocycles. The van der Waals surface area contributed by atoms with Gasteiger partial charge in [0.1, 0.15) is 11.5 Å². The lowest BCUT2D eigenvalue weighted by Crippen LogP contribution is -2.46. The number of aliphatic hydroxyl groups excluding tert-OH is 1. The molecule has 2 aliphatic heterocycles. The van der Waals surface area contributed by atoms with Crippen LogP contribution in [-0.2, 0) is 28.2 Å². The average Bonchev–Trinajstić information content (AvgIpc) is 3.28. The summed E-state index contributed by atoms with van der Waals surface area (Å²) in [7, 11) is 0. The number of anilines is 1. The molecule has 0 aromatic heterocycles. The molecule has 4 N–H and O–H groups in total. The smallest absolute Gasteiger partial charge is 0.319 e. The monoisotopic (exact) mass is 809 g/mol. The summed E-state index contributed by atoms with van der Waals surface area (Å²) in [6.07, 6.45) is 0.958. The van der Waals surface area contributed by atoms with Gasteiger partial charge in [-0.15, -0.1) is 0 Å². The van der Waals surface area contributed by atoms with Crippen LogP contribution in [0.3, 0.4) is 0 Å². The van der Waals surface area contributed by atoms with Crippen LogP contribution in [0.15, 0.2) is 152 Å². The number of ether oxygens (including phenoxy) is 3. The Morgan fingerprint density at radius 3 is 2.17 bits per heavy atom. The van der Waals surface area contributed by atoms with Gasteiger partial charge in [0.25, 0.3) is 0 Å². The second kappa shape index (κ2) is 18.6. The number of carbonyl (C=O) groups is 1. The third-order valence-electron chi connectivity index (χ3n) is 11.1. The summed E-state index contributed by atoms with van der Waals surface area (Å²) in [4.78, 5) is 15.2. The first-order chi connectivity index (χ1) is 28.8. The van der Waals surface area contributed by atoms with Gasteiger partial charge in [-0.1, -0.05) is 103 Å². The highest BCUT2D eigenvalue weighted by Gasteiger charge is 2.37. The van der Waals surface area contributed by atoms with E-state index >= 15 is 0 Å². The second-order valence-electron chi connectivity index (χ2n) is 15.3. The van der Waals surface area contributed by atoms with E-state index in [4.69, 9.17) is 25.8 Å². The maximum Gasteiger partial charge on any atom is 0.319 e. The molecule has 0 saturated carbocycles. The number of carbonyl (C=O) groups excluding carboxylic acids is 1. The van der Waals surface area contributed by atoms with Crippen molar-refractivity contribution in [1.82, 2.24) is 10.2 Å². The van der Waals surface area contributed by atoms with Gasteiger partial charge in [-0.3, -0.25) is 0 Å². The van der Waals surface area contributed by atoms with E-state index in [0.717, 1.165) is 57.8 Å². The molecule has 3 unspecified atom stereocenters. The van der Waals surface area contributed by atoms with E-state index in [9.17, 15) is 15.0 Å². The van der Waals surface area contributed by atoms with Crippen molar-refractivity contribution in [2.24, 2.45) is 0 Å². The molecule has 10 heteroatoms. The molecule has 2 heterocycles. The summed E-state index contributed by atoms with van der Waals surface area (Å²) in [6.45, 7) is 2.50. The van der Waals surface area contributed by atoms with E-state index in [1.807, 2.05) is 115 Å². The molecule has 0 aliphatic carbocycles. The van der Waals surface area contributed by atoms with Crippen molar-refractivity contribution in [3.05, 3.63) is 184 Å². The number of benzene rings is 6. The predicted octanol–water partition coefficient (Wildman–Crippen LogP) is 10.1. The Balaban J connectivity index is 0.916. The molecule has 302 valence electrons. The molecule has 6 aromatic rings. The van der Waals surface area contributed by atoms with Crippen LogP contribution < -0.4 is 15.4 Å². The number of piperidine rings is 1. The molecular weight excluding hydrogens is 762 g/mol. The van der Waals surface area contributed by atoms with Crippen molar-refractivity contribution >= 4 is 23.3 Å². The SMILES string of the molecule is O=C(NCc1cccc(-c2cccc(C3OC(CN4CCC(O)(c5ccc(Cl)cc5)CC4)CC(c4ccc(CO)cc4)O3)c2)c1)Nc1ccc(Oc2ccccc2)cc1. The molecule has 6 aromatic carbocycles. The Morgan fingerprint density at radius 2 is 1.44 bits per heavy atom. The molecule has 0 spiro atoms. The van der Waals surface area contributed by atoms with Crippen LogP contribution in [-0.4, -0.2) is 46.9 Å². The third-order valence-corrected chi connectivity index (χ3v) is 11.4. The first-order valence-corrected chi connectivity index (χ1v) is 20.4. The molecule has 2 aliphatic rings. The van der Waals surface area contributed by atoms with Crippen LogP contribution in [0.5, 0.6) is 11.5 Å². The molecule has 9 nitrogen and oxygen atoms in total. The van der Waals surface area contributed by atoms with Gasteiger partial charge >= 0.3 is 6.03 Å². The van der Waals surface area contributed by atoms with E-state index in [1.165, 1.54) is 0 Å². The summed E-state index contributed by atoms with van der Waals surface area (Å²) in [6, 6.07) is 48.2. The van der Waals surface area contributed by atoms with Crippen LogP contribution in [0.4, 0.5) is 10.5 Å². The molecule has 0 radical (unpaired) electrons. The summed E-state index contributed by atoms with van der Waals surface area (Å²) < 4.78 is 19.3. The van der Waals surface area contributed by atoms with Gasteiger partial charge < -0.3 is 40.0 Å². The normalized spacial score (nSPS) is 19.1. The van der Waals surface area contributed by atoms with Gasteiger partial charge in [-0.2, -0.15) is 0 Å². The topological polar surface area (TPSA) is 113 Å². The van der Waals surface area contributed by atoms with Crippen molar-refractivity contribution in [1.29, 1.82) is 0 Å². The lowest BCUT2D eigenvalue weighted by molar-refractivity contribution is -0.253. The van der Waals surface area contributed by atoms with E-state index in [0.29, 0.717) is 48.8 Å². The van der Waals surface area contributed by atoms with Gasteiger partial charge in [0.15, 0.2) is 6.29 Å². The molecule has 2 fully saturated rings. The van der Waals surface area contributed by atoms with Crippen LogP contribution in [0.2, 0.25) is 5.02 Å². The maximum absolute atomic E-state index is 12.8. The number of halogens is 1. The zero-order chi connectivity index (χ0) is 40.6. The quantitative estimate of drug-likeness (QED) is 0.0974. The van der Waals surface area contributed by atoms with Gasteiger partial charge in [-0.05, 0) is 107 Å². The predicted molar refractivity (Wildman–Crippen MR) is 230 cm³/mol. The largest absolute Gasteiger partial charge is 0.457 e. The minimum atomic E-state index is -0.885. The van der Waals surface area contributed by atoms with Gasteiger partial charge in [0.2, 0.25) is 0 Å². The van der Waals surface area contributed by atoms with Crippen molar-refractivity contribution in [3.8, 4) is 22.6 Å². The number of para-hydroxylation sites is 1. The Kier molecular flexibility index (Phi) is 12.7. The number of hydrogen-bond acceptors (Lipinski definition) is 7. The van der Waals surface area contributed by atoms with Crippen LogP contribution in [0, 0.1) is 0 Å². The number of rotatable bonds is 12. The van der Waals surface area contributed by atoms with Crippen molar-refractivity contribution in [3.63, 3.8) is 0 Å². The average molecular weight is 810 g/mol. The van der Waals surface area contributed by atoms with Crippen molar-refractivity contribution in [2.75, 3.05) is 25.0 Å². The highest BCUT2D eigenvalue weighted by molar-refractivity contribution is 6.30. The van der Waals surface area contributed by atoms with E-state index in [-0.39, 0.29) is 24.8 Å². The summed E-state index contributed by atoms with van der Waals surface area (Å²) >= 11 is 6.12. The minimum absolute atomic E-state index is 0.0186. The lowest BCUT2D eigenvalue weighted by Gasteiger charge is -2.42. The lowest BCUT2D eigenvalue weighted by atomic mass is 9.84. The fourth-order valence-electron chi connectivity index (χ4n) is 7.79. The Hall–Kier alpha value is -5.52. The van der Waals surface area contributed by atoms with E-state index in [2.05, 4.69) is 39.8 Å². The maximum atomic E-state index is 12.8.